The van der Waals surface area contributed by atoms with Crippen LogP contribution >= 0.6 is 12.4 Å². The van der Waals surface area contributed by atoms with Crippen LogP contribution in [-0.4, -0.2) is 23.5 Å². The first-order valence-corrected chi connectivity index (χ1v) is 12.3. The van der Waals surface area contributed by atoms with Crippen LogP contribution in [0, 0.1) is 40.4 Å². The van der Waals surface area contributed by atoms with E-state index in [0.717, 1.165) is 37.3 Å². The van der Waals surface area contributed by atoms with Crippen LogP contribution in [0.25, 0.3) is 0 Å². The first-order valence-electron chi connectivity index (χ1n) is 12.3. The third-order valence-corrected chi connectivity index (χ3v) is 9.71. The first-order chi connectivity index (χ1) is 14.6. The van der Waals surface area contributed by atoms with Crippen molar-refractivity contribution >= 4 is 29.9 Å². The molecule has 4 aliphatic rings. The number of hydrogen-bond donors (Lipinski definition) is 1. The summed E-state index contributed by atoms with van der Waals surface area (Å²) in [6.45, 7) is 10.5. The summed E-state index contributed by atoms with van der Waals surface area (Å²) in [5.41, 5.74) is 8.63. The van der Waals surface area contributed by atoms with E-state index in [9.17, 15) is 9.59 Å². The van der Waals surface area contributed by atoms with Gasteiger partial charge >= 0.3 is 5.97 Å². The molecule has 4 aliphatic carbocycles. The molecule has 4 rings (SSSR count). The third-order valence-electron chi connectivity index (χ3n) is 9.71. The van der Waals surface area contributed by atoms with Gasteiger partial charge in [0.05, 0.1) is 5.71 Å². The molecule has 0 aromatic heterocycles. The lowest BCUT2D eigenvalue weighted by Crippen LogP contribution is -2.51. The van der Waals surface area contributed by atoms with Crippen molar-refractivity contribution in [1.82, 2.24) is 0 Å². The molecule has 2 N–H and O–H groups in total. The normalized spacial score (nSPS) is 40.5. The van der Waals surface area contributed by atoms with Crippen LogP contribution in [-0.2, 0) is 14.4 Å². The summed E-state index contributed by atoms with van der Waals surface area (Å²) in [7, 11) is 0. The number of nitrogens with two attached hydrogens (primary N) is 1. The zero-order chi connectivity index (χ0) is 22.6. The average molecular weight is 465 g/mol. The quantitative estimate of drug-likeness (QED) is 0.442. The molecule has 0 bridgehead atoms. The minimum Gasteiger partial charge on any atom is -0.318 e. The summed E-state index contributed by atoms with van der Waals surface area (Å²) in [4.78, 5) is 29.6. The van der Waals surface area contributed by atoms with Crippen LogP contribution < -0.4 is 5.73 Å². The summed E-state index contributed by atoms with van der Waals surface area (Å²) in [6, 6.07) is -0.636. The monoisotopic (exact) mass is 464 g/mol. The molecule has 0 heterocycles. The fraction of sp³-hybridized carbons (Fsp3) is 0.808. The number of carbonyl (C=O) groups excluding carboxylic acids is 2. The number of halogens is 1. The van der Waals surface area contributed by atoms with Crippen molar-refractivity contribution in [2.75, 3.05) is 0 Å². The van der Waals surface area contributed by atoms with Crippen LogP contribution in [0.4, 0.5) is 0 Å². The molecule has 0 spiro atoms. The Morgan fingerprint density at radius 2 is 1.81 bits per heavy atom. The van der Waals surface area contributed by atoms with Gasteiger partial charge in [-0.25, -0.2) is 4.79 Å². The zero-order valence-corrected chi connectivity index (χ0v) is 21.2. The second-order valence-electron chi connectivity index (χ2n) is 11.6. The number of allylic oxidation sites excluding steroid dienone is 2. The Morgan fingerprint density at radius 1 is 1.09 bits per heavy atom. The number of Topliss-reactive ketones (excluding diaryl/α,β-unsaturated/α-hetero) is 1. The highest BCUT2D eigenvalue weighted by atomic mass is 35.5. The smallest absolute Gasteiger partial charge is 0.318 e. The Labute approximate surface area is 199 Å². The Hall–Kier alpha value is -1.20. The summed E-state index contributed by atoms with van der Waals surface area (Å²) in [6.07, 6.45) is 11.1. The summed E-state index contributed by atoms with van der Waals surface area (Å²) >= 11 is 0. The molecule has 0 unspecified atom stereocenters. The van der Waals surface area contributed by atoms with E-state index in [2.05, 4.69) is 25.1 Å². The highest BCUT2D eigenvalue weighted by molar-refractivity contribution is 5.96. The Balaban J connectivity index is 0.00000289. The van der Waals surface area contributed by atoms with Crippen LogP contribution in [0.15, 0.2) is 16.8 Å². The van der Waals surface area contributed by atoms with Gasteiger partial charge in [0.25, 0.3) is 0 Å². The number of rotatable bonds is 4. The van der Waals surface area contributed by atoms with Gasteiger partial charge in [-0.1, -0.05) is 38.4 Å². The Bertz CT molecular complexity index is 822. The molecule has 7 atom stereocenters. The molecule has 0 saturated heterocycles. The van der Waals surface area contributed by atoms with Crippen molar-refractivity contribution in [2.45, 2.75) is 92.0 Å². The van der Waals surface area contributed by atoms with Crippen LogP contribution in [0.5, 0.6) is 0 Å². The van der Waals surface area contributed by atoms with Crippen molar-refractivity contribution < 1.29 is 14.4 Å². The van der Waals surface area contributed by atoms with E-state index in [1.807, 2.05) is 13.8 Å². The molecule has 6 heteroatoms. The molecule has 0 aromatic carbocycles. The van der Waals surface area contributed by atoms with Crippen LogP contribution in [0.1, 0.15) is 86.0 Å². The molecule has 3 fully saturated rings. The number of fused-ring (bicyclic) bond motifs is 5. The summed E-state index contributed by atoms with van der Waals surface area (Å²) in [5, 5.41) is 4.18. The fourth-order valence-electron chi connectivity index (χ4n) is 7.75. The first kappa shape index (κ1) is 25.4. The molecular formula is C26H41ClN2O3. The van der Waals surface area contributed by atoms with Crippen molar-refractivity contribution in [3.8, 4) is 0 Å². The maximum atomic E-state index is 12.3. The Morgan fingerprint density at radius 3 is 2.47 bits per heavy atom. The van der Waals surface area contributed by atoms with E-state index in [-0.39, 0.29) is 35.1 Å². The number of oxime groups is 1. The van der Waals surface area contributed by atoms with Gasteiger partial charge in [0.1, 0.15) is 11.8 Å². The molecule has 180 valence electrons. The van der Waals surface area contributed by atoms with Gasteiger partial charge in [-0.2, -0.15) is 0 Å². The van der Waals surface area contributed by atoms with Crippen molar-refractivity contribution in [3.05, 3.63) is 11.6 Å². The predicted molar refractivity (Wildman–Crippen MR) is 129 cm³/mol. The van der Waals surface area contributed by atoms with Crippen LogP contribution in [0.3, 0.4) is 0 Å². The van der Waals surface area contributed by atoms with Crippen LogP contribution in [0.2, 0.25) is 0 Å². The van der Waals surface area contributed by atoms with E-state index >= 15 is 0 Å². The van der Waals surface area contributed by atoms with Gasteiger partial charge in [-0.15, -0.1) is 12.4 Å². The molecule has 5 nitrogen and oxygen atoms in total. The molecule has 32 heavy (non-hydrogen) atoms. The predicted octanol–water partition coefficient (Wildman–Crippen LogP) is 5.46. The second kappa shape index (κ2) is 9.21. The third kappa shape index (κ3) is 4.09. The summed E-state index contributed by atoms with van der Waals surface area (Å²) < 4.78 is 0. The van der Waals surface area contributed by atoms with Gasteiger partial charge in [-0.3, -0.25) is 4.79 Å². The summed E-state index contributed by atoms with van der Waals surface area (Å²) in [5.74, 6) is 2.35. The van der Waals surface area contributed by atoms with E-state index in [0.29, 0.717) is 17.6 Å². The lowest BCUT2D eigenvalue weighted by Gasteiger charge is -2.58. The van der Waals surface area contributed by atoms with Gasteiger partial charge < -0.3 is 10.6 Å². The number of nitrogens with zero attached hydrogens (tertiary/aromatic N) is 1. The molecule has 0 aliphatic heterocycles. The minimum absolute atomic E-state index is 0. The second-order valence-corrected chi connectivity index (χ2v) is 11.6. The molecule has 0 radical (unpaired) electrons. The largest absolute Gasteiger partial charge is 0.351 e. The van der Waals surface area contributed by atoms with Crippen molar-refractivity contribution in [3.63, 3.8) is 0 Å². The lowest BCUT2D eigenvalue weighted by molar-refractivity contribution is -0.146. The molecule has 0 amide bonds. The Kier molecular flexibility index (Phi) is 7.32. The van der Waals surface area contributed by atoms with Gasteiger partial charge in [0.15, 0.2) is 0 Å². The lowest BCUT2D eigenvalue weighted by atomic mass is 9.46. The zero-order valence-electron chi connectivity index (χ0n) is 20.4. The van der Waals surface area contributed by atoms with E-state index < -0.39 is 12.0 Å². The van der Waals surface area contributed by atoms with Crippen molar-refractivity contribution in [1.29, 1.82) is 0 Å². The topological polar surface area (TPSA) is 81.8 Å². The fourth-order valence-corrected chi connectivity index (χ4v) is 7.75. The van der Waals surface area contributed by atoms with E-state index in [1.54, 1.807) is 6.92 Å². The molecular weight excluding hydrogens is 424 g/mol. The standard InChI is InChI=1S/C26H40N2O3.ClH/c1-15(2)23(27)24(30)31-28-18-10-12-25(4)17(14-18)6-7-19-21-9-8-20(16(3)29)26(21,5)13-11-22(19)25;/h14-15,19-23H,6-13,27H2,1-5H3;1H/b28-18-;/t19-,20+,21-,22-,23-,25-,26+;/m0./s1. The SMILES string of the molecule is CC(=O)[C@H]1CC[C@H]2[C@@H]3CCC4=C/C(=N\OC(=O)[C@@H](N)C(C)C)CC[C@]4(C)[C@H]3CC[C@]12C.Cl. The van der Waals surface area contributed by atoms with Gasteiger partial charge in [0.2, 0.25) is 0 Å². The number of ketones is 1. The molecule has 3 saturated carbocycles. The van der Waals surface area contributed by atoms with Gasteiger partial charge in [-0.05, 0) is 98.9 Å². The van der Waals surface area contributed by atoms with Crippen molar-refractivity contribution in [2.24, 2.45) is 51.3 Å². The van der Waals surface area contributed by atoms with Gasteiger partial charge in [0, 0.05) is 5.92 Å². The maximum Gasteiger partial charge on any atom is 0.351 e. The van der Waals surface area contributed by atoms with E-state index in [4.69, 9.17) is 10.6 Å². The number of hydrogen-bond acceptors (Lipinski definition) is 5. The maximum absolute atomic E-state index is 12.3. The minimum atomic E-state index is -0.636. The highest BCUT2D eigenvalue weighted by Gasteiger charge is 2.59. The van der Waals surface area contributed by atoms with E-state index in [1.165, 1.54) is 31.3 Å². The average Bonchev–Trinajstić information content (AvgIpc) is 3.08. The number of carbonyl (C=O) groups is 2. The molecule has 0 aromatic rings. The highest BCUT2D eigenvalue weighted by Crippen LogP contribution is 2.66.